The molecule has 0 aliphatic rings. The molecule has 0 aliphatic carbocycles. The first-order chi connectivity index (χ1) is 8.99. The molecule has 1 N–H and O–H groups in total. The average Bonchev–Trinajstić information content (AvgIpc) is 2.43. The molecule has 0 saturated heterocycles. The quantitative estimate of drug-likeness (QED) is 0.848. The Hall–Kier alpha value is -1.55. The van der Waals surface area contributed by atoms with Crippen LogP contribution in [-0.4, -0.2) is 44.5 Å². The van der Waals surface area contributed by atoms with E-state index in [4.69, 9.17) is 0 Å². The van der Waals surface area contributed by atoms with Gasteiger partial charge in [-0.2, -0.15) is 0 Å². The predicted molar refractivity (Wildman–Crippen MR) is 80.4 cm³/mol. The first-order valence-electron chi connectivity index (χ1n) is 6.71. The molecule has 0 heterocycles. The van der Waals surface area contributed by atoms with Crippen molar-refractivity contribution in [3.63, 3.8) is 0 Å². The molecule has 0 aliphatic heterocycles. The molecule has 0 saturated carbocycles. The van der Waals surface area contributed by atoms with Crippen LogP contribution in [0.3, 0.4) is 0 Å². The molecule has 0 aromatic heterocycles. The highest BCUT2D eigenvalue weighted by Crippen LogP contribution is 2.14. The molecule has 0 spiro atoms. The Morgan fingerprint density at radius 2 is 1.84 bits per heavy atom. The van der Waals surface area contributed by atoms with Crippen molar-refractivity contribution in [2.45, 2.75) is 26.4 Å². The molecular formula is C15H25N3O. The summed E-state index contributed by atoms with van der Waals surface area (Å²) in [5.41, 5.74) is 2.41. The van der Waals surface area contributed by atoms with Gasteiger partial charge in [0.15, 0.2) is 0 Å². The molecule has 0 fully saturated rings. The minimum atomic E-state index is -0.108. The van der Waals surface area contributed by atoms with Crippen molar-refractivity contribution < 1.29 is 4.79 Å². The van der Waals surface area contributed by atoms with E-state index in [2.05, 4.69) is 46.3 Å². The number of amides is 1. The number of anilines is 1. The fourth-order valence-electron chi connectivity index (χ4n) is 2.03. The number of rotatable bonds is 6. The summed E-state index contributed by atoms with van der Waals surface area (Å²) in [5, 5.41) is 2.70. The number of likely N-dealkylation sites (N-methyl/N-ethyl adjacent to an activating group) is 2. The van der Waals surface area contributed by atoms with Gasteiger partial charge >= 0.3 is 0 Å². The Bertz CT molecular complexity index is 400. The van der Waals surface area contributed by atoms with Gasteiger partial charge in [-0.15, -0.1) is 0 Å². The molecule has 4 heteroatoms. The van der Waals surface area contributed by atoms with Crippen molar-refractivity contribution >= 4 is 11.6 Å². The lowest BCUT2D eigenvalue weighted by Gasteiger charge is -2.26. The largest absolute Gasteiger partial charge is 0.378 e. The second-order valence-electron chi connectivity index (χ2n) is 4.91. The van der Waals surface area contributed by atoms with Gasteiger partial charge in [-0.05, 0) is 31.2 Å². The van der Waals surface area contributed by atoms with Gasteiger partial charge in [-0.1, -0.05) is 19.1 Å². The molecule has 1 atom stereocenters. The van der Waals surface area contributed by atoms with Crippen LogP contribution in [0.25, 0.3) is 0 Å². The highest BCUT2D eigenvalue weighted by Gasteiger charge is 2.18. The van der Waals surface area contributed by atoms with Crippen LogP contribution >= 0.6 is 0 Å². The molecular weight excluding hydrogens is 238 g/mol. The third kappa shape index (κ3) is 4.24. The lowest BCUT2D eigenvalue weighted by atomic mass is 10.1. The monoisotopic (exact) mass is 263 g/mol. The Kier molecular flexibility index (Phi) is 5.83. The van der Waals surface area contributed by atoms with Crippen LogP contribution in [0.1, 0.15) is 19.4 Å². The fourth-order valence-corrected chi connectivity index (χ4v) is 2.03. The van der Waals surface area contributed by atoms with E-state index < -0.39 is 0 Å². The van der Waals surface area contributed by atoms with E-state index in [9.17, 15) is 4.79 Å². The van der Waals surface area contributed by atoms with Crippen molar-refractivity contribution in [1.82, 2.24) is 10.2 Å². The molecule has 0 unspecified atom stereocenters. The number of nitrogens with zero attached hydrogens (tertiary/aromatic N) is 2. The van der Waals surface area contributed by atoms with Crippen LogP contribution < -0.4 is 10.2 Å². The molecule has 1 amide bonds. The highest BCUT2D eigenvalue weighted by atomic mass is 16.2. The van der Waals surface area contributed by atoms with Crippen LogP contribution in [0.15, 0.2) is 24.3 Å². The maximum Gasteiger partial charge on any atom is 0.236 e. The normalized spacial score (nSPS) is 12.3. The molecule has 19 heavy (non-hydrogen) atoms. The molecule has 4 nitrogen and oxygen atoms in total. The van der Waals surface area contributed by atoms with Gasteiger partial charge < -0.3 is 10.2 Å². The van der Waals surface area contributed by atoms with E-state index in [-0.39, 0.29) is 11.9 Å². The summed E-state index contributed by atoms with van der Waals surface area (Å²) in [6, 6.07) is 8.34. The summed E-state index contributed by atoms with van der Waals surface area (Å²) < 4.78 is 0. The van der Waals surface area contributed by atoms with Gasteiger partial charge in [0.05, 0.1) is 6.04 Å². The predicted octanol–water partition coefficient (Wildman–Crippen LogP) is 1.71. The maximum absolute atomic E-state index is 11.7. The van der Waals surface area contributed by atoms with Crippen LogP contribution in [0.4, 0.5) is 5.69 Å². The van der Waals surface area contributed by atoms with Crippen molar-refractivity contribution in [3.8, 4) is 0 Å². The van der Waals surface area contributed by atoms with E-state index >= 15 is 0 Å². The van der Waals surface area contributed by atoms with Gasteiger partial charge in [-0.25, -0.2) is 0 Å². The standard InChI is InChI=1S/C15H25N3O/c1-6-18(12(2)15(19)16-3)11-13-7-9-14(10-8-13)17(4)5/h7-10,12H,6,11H2,1-5H3,(H,16,19)/t12-/m0/s1. The third-order valence-corrected chi connectivity index (χ3v) is 3.42. The van der Waals surface area contributed by atoms with Gasteiger partial charge in [0.1, 0.15) is 0 Å². The Morgan fingerprint density at radius 3 is 2.26 bits per heavy atom. The maximum atomic E-state index is 11.7. The third-order valence-electron chi connectivity index (χ3n) is 3.42. The van der Waals surface area contributed by atoms with E-state index in [0.29, 0.717) is 0 Å². The van der Waals surface area contributed by atoms with Crippen LogP contribution in [-0.2, 0) is 11.3 Å². The molecule has 0 bridgehead atoms. The second kappa shape index (κ2) is 7.14. The summed E-state index contributed by atoms with van der Waals surface area (Å²) in [6.45, 7) is 5.66. The molecule has 1 aromatic carbocycles. The van der Waals surface area contributed by atoms with Gasteiger partial charge in [-0.3, -0.25) is 9.69 Å². The number of carbonyl (C=O) groups is 1. The number of nitrogens with one attached hydrogen (secondary N) is 1. The zero-order chi connectivity index (χ0) is 14.4. The van der Waals surface area contributed by atoms with E-state index in [1.165, 1.54) is 11.3 Å². The molecule has 1 rings (SSSR count). The van der Waals surface area contributed by atoms with Gasteiger partial charge in [0.25, 0.3) is 0 Å². The topological polar surface area (TPSA) is 35.6 Å². The van der Waals surface area contributed by atoms with Crippen LogP contribution in [0.2, 0.25) is 0 Å². The first-order valence-corrected chi connectivity index (χ1v) is 6.71. The Balaban J connectivity index is 2.73. The van der Waals surface area contributed by atoms with Crippen LogP contribution in [0.5, 0.6) is 0 Å². The number of benzene rings is 1. The lowest BCUT2D eigenvalue weighted by Crippen LogP contribution is -2.43. The summed E-state index contributed by atoms with van der Waals surface area (Å²) in [7, 11) is 5.74. The smallest absolute Gasteiger partial charge is 0.236 e. The van der Waals surface area contributed by atoms with E-state index in [0.717, 1.165) is 13.1 Å². The number of hydrogen-bond donors (Lipinski definition) is 1. The van der Waals surface area contributed by atoms with Crippen molar-refractivity contribution in [3.05, 3.63) is 29.8 Å². The zero-order valence-corrected chi connectivity index (χ0v) is 12.6. The van der Waals surface area contributed by atoms with Crippen molar-refractivity contribution in [1.29, 1.82) is 0 Å². The summed E-state index contributed by atoms with van der Waals surface area (Å²) in [4.78, 5) is 15.9. The highest BCUT2D eigenvalue weighted by molar-refractivity contribution is 5.80. The summed E-state index contributed by atoms with van der Waals surface area (Å²) in [6.07, 6.45) is 0. The average molecular weight is 263 g/mol. The second-order valence-corrected chi connectivity index (χ2v) is 4.91. The summed E-state index contributed by atoms with van der Waals surface area (Å²) in [5.74, 6) is 0.0618. The SMILES string of the molecule is CCN(Cc1ccc(N(C)C)cc1)[C@@H](C)C(=O)NC. The van der Waals surface area contributed by atoms with Crippen molar-refractivity contribution in [2.24, 2.45) is 0 Å². The molecule has 106 valence electrons. The number of hydrogen-bond acceptors (Lipinski definition) is 3. The van der Waals surface area contributed by atoms with Crippen molar-refractivity contribution in [2.75, 3.05) is 32.6 Å². The zero-order valence-electron chi connectivity index (χ0n) is 12.6. The lowest BCUT2D eigenvalue weighted by molar-refractivity contribution is -0.125. The van der Waals surface area contributed by atoms with Gasteiger partial charge in [0.2, 0.25) is 5.91 Å². The molecule has 0 radical (unpaired) electrons. The first kappa shape index (κ1) is 15.5. The number of carbonyl (C=O) groups excluding carboxylic acids is 1. The Morgan fingerprint density at radius 1 is 1.26 bits per heavy atom. The minimum absolute atomic E-state index is 0.0618. The van der Waals surface area contributed by atoms with Gasteiger partial charge in [0, 0.05) is 33.4 Å². The Labute approximate surface area is 116 Å². The van der Waals surface area contributed by atoms with E-state index in [1.54, 1.807) is 7.05 Å². The van der Waals surface area contributed by atoms with E-state index in [1.807, 2.05) is 21.0 Å². The minimum Gasteiger partial charge on any atom is -0.378 e. The van der Waals surface area contributed by atoms with Crippen LogP contribution in [0, 0.1) is 0 Å². The fraction of sp³-hybridized carbons (Fsp3) is 0.533. The molecule has 1 aromatic rings. The summed E-state index contributed by atoms with van der Waals surface area (Å²) >= 11 is 0.